The summed E-state index contributed by atoms with van der Waals surface area (Å²) in [5.41, 5.74) is -1.29. The molecule has 0 radical (unpaired) electrons. The van der Waals surface area contributed by atoms with Gasteiger partial charge in [-0.05, 0) is 37.1 Å². The van der Waals surface area contributed by atoms with Crippen LogP contribution in [-0.2, 0) is 15.8 Å². The van der Waals surface area contributed by atoms with E-state index >= 15 is 0 Å². The molecule has 2 amide bonds. The van der Waals surface area contributed by atoms with Crippen molar-refractivity contribution in [3.8, 4) is 5.75 Å². The summed E-state index contributed by atoms with van der Waals surface area (Å²) in [7, 11) is 0. The third-order valence-corrected chi connectivity index (χ3v) is 4.86. The third-order valence-electron chi connectivity index (χ3n) is 4.86. The van der Waals surface area contributed by atoms with E-state index in [2.05, 4.69) is 5.32 Å². The highest BCUT2D eigenvalue weighted by Gasteiger charge is 2.33. The minimum absolute atomic E-state index is 0.00461. The number of hydrogen-bond acceptors (Lipinski definition) is 4. The van der Waals surface area contributed by atoms with Crippen molar-refractivity contribution in [1.82, 2.24) is 10.2 Å². The molecule has 0 bridgehead atoms. The highest BCUT2D eigenvalue weighted by Crippen LogP contribution is 2.30. The van der Waals surface area contributed by atoms with E-state index in [9.17, 15) is 27.9 Å². The average molecular weight is 430 g/mol. The Kier molecular flexibility index (Phi) is 7.74. The maximum Gasteiger partial charge on any atom is 0.416 e. The Hall–Kier alpha value is -2.29. The minimum Gasteiger partial charge on any atom is -0.491 e. The van der Waals surface area contributed by atoms with Gasteiger partial charge in [-0.15, -0.1) is 0 Å². The highest BCUT2D eigenvalue weighted by atomic mass is 19.4. The third kappa shape index (κ3) is 6.90. The summed E-state index contributed by atoms with van der Waals surface area (Å²) < 4.78 is 42.9. The molecule has 1 fully saturated rings. The smallest absolute Gasteiger partial charge is 0.416 e. The van der Waals surface area contributed by atoms with Crippen molar-refractivity contribution in [2.75, 3.05) is 26.2 Å². The topological polar surface area (TPSA) is 78.9 Å². The van der Waals surface area contributed by atoms with Crippen molar-refractivity contribution < 1.29 is 32.6 Å². The van der Waals surface area contributed by atoms with Gasteiger partial charge in [-0.25, -0.2) is 0 Å². The first-order chi connectivity index (χ1) is 13.9. The molecule has 1 saturated heterocycles. The van der Waals surface area contributed by atoms with Crippen LogP contribution < -0.4 is 10.1 Å². The second-order valence-corrected chi connectivity index (χ2v) is 8.57. The lowest BCUT2D eigenvalue weighted by atomic mass is 9.91. The fourth-order valence-corrected chi connectivity index (χ4v) is 3.20. The number of likely N-dealkylation sites (tertiary alicyclic amines) is 1. The van der Waals surface area contributed by atoms with Gasteiger partial charge in [-0.2, -0.15) is 13.2 Å². The molecule has 2 unspecified atom stereocenters. The number of aliphatic hydroxyl groups is 1. The number of nitrogens with zero attached hydrogens (tertiary/aromatic N) is 1. The summed E-state index contributed by atoms with van der Waals surface area (Å²) in [6.45, 7) is 6.27. The zero-order valence-electron chi connectivity index (χ0n) is 17.5. The van der Waals surface area contributed by atoms with E-state index in [-0.39, 0.29) is 36.6 Å². The molecule has 2 N–H and O–H groups in total. The van der Waals surface area contributed by atoms with E-state index < -0.39 is 23.3 Å². The Labute approximate surface area is 174 Å². The van der Waals surface area contributed by atoms with Gasteiger partial charge in [-0.3, -0.25) is 9.59 Å². The van der Waals surface area contributed by atoms with Crippen molar-refractivity contribution in [3.05, 3.63) is 29.8 Å². The van der Waals surface area contributed by atoms with E-state index in [4.69, 9.17) is 4.74 Å². The first kappa shape index (κ1) is 24.0. The van der Waals surface area contributed by atoms with Crippen LogP contribution in [0.25, 0.3) is 0 Å². The number of halogens is 3. The van der Waals surface area contributed by atoms with E-state index in [1.54, 1.807) is 4.90 Å². The van der Waals surface area contributed by atoms with E-state index in [1.165, 1.54) is 12.1 Å². The van der Waals surface area contributed by atoms with E-state index in [0.717, 1.165) is 18.6 Å². The largest absolute Gasteiger partial charge is 0.491 e. The molecule has 9 heteroatoms. The number of carbonyl (C=O) groups is 2. The number of carbonyl (C=O) groups excluding carboxylic acids is 2. The predicted octanol–water partition coefficient (Wildman–Crippen LogP) is 2.85. The van der Waals surface area contributed by atoms with Gasteiger partial charge in [0, 0.05) is 25.0 Å². The number of benzene rings is 1. The van der Waals surface area contributed by atoms with Gasteiger partial charge >= 0.3 is 6.18 Å². The molecule has 2 rings (SSSR count). The molecule has 1 aromatic rings. The fourth-order valence-electron chi connectivity index (χ4n) is 3.20. The number of nitrogens with one attached hydrogen (secondary N) is 1. The molecule has 1 aliphatic heterocycles. The van der Waals surface area contributed by atoms with Gasteiger partial charge in [0.2, 0.25) is 11.8 Å². The van der Waals surface area contributed by atoms with Gasteiger partial charge < -0.3 is 20.1 Å². The lowest BCUT2D eigenvalue weighted by molar-refractivity contribution is -0.143. The summed E-state index contributed by atoms with van der Waals surface area (Å²) in [5, 5.41) is 12.7. The quantitative estimate of drug-likeness (QED) is 0.728. The molecule has 30 heavy (non-hydrogen) atoms. The molecule has 1 aromatic carbocycles. The molecular weight excluding hydrogens is 401 g/mol. The molecule has 0 aliphatic carbocycles. The highest BCUT2D eigenvalue weighted by molar-refractivity contribution is 5.83. The van der Waals surface area contributed by atoms with Gasteiger partial charge in [0.25, 0.3) is 0 Å². The van der Waals surface area contributed by atoms with Crippen LogP contribution >= 0.6 is 0 Å². The Morgan fingerprint density at radius 2 is 1.87 bits per heavy atom. The SMILES string of the molecule is CC(C)(C)C(=O)N1CCCC(C(=O)NCC(O)COc2ccc(C(F)(F)F)cc2)C1. The summed E-state index contributed by atoms with van der Waals surface area (Å²) in [4.78, 5) is 26.5. The molecular formula is C21H29F3N2O4. The Balaban J connectivity index is 1.77. The number of ether oxygens (including phenoxy) is 1. The number of rotatable bonds is 6. The molecule has 2 atom stereocenters. The normalized spacial score (nSPS) is 18.6. The number of hydrogen-bond donors (Lipinski definition) is 2. The Morgan fingerprint density at radius 1 is 1.23 bits per heavy atom. The van der Waals surface area contributed by atoms with Crippen molar-refractivity contribution in [3.63, 3.8) is 0 Å². The fraction of sp³-hybridized carbons (Fsp3) is 0.619. The zero-order chi connectivity index (χ0) is 22.5. The average Bonchev–Trinajstić information content (AvgIpc) is 2.69. The first-order valence-corrected chi connectivity index (χ1v) is 9.93. The van der Waals surface area contributed by atoms with Crippen LogP contribution in [0.4, 0.5) is 13.2 Å². The number of alkyl halides is 3. The number of amides is 2. The van der Waals surface area contributed by atoms with E-state index in [0.29, 0.717) is 19.5 Å². The Morgan fingerprint density at radius 3 is 2.43 bits per heavy atom. The van der Waals surface area contributed by atoms with Crippen LogP contribution in [0.3, 0.4) is 0 Å². The van der Waals surface area contributed by atoms with E-state index in [1.807, 2.05) is 20.8 Å². The number of aliphatic hydroxyl groups excluding tert-OH is 1. The lowest BCUT2D eigenvalue weighted by Crippen LogP contribution is -2.49. The summed E-state index contributed by atoms with van der Waals surface area (Å²) >= 11 is 0. The molecule has 0 spiro atoms. The molecule has 168 valence electrons. The predicted molar refractivity (Wildman–Crippen MR) is 105 cm³/mol. The van der Waals surface area contributed by atoms with Gasteiger partial charge in [0.1, 0.15) is 18.5 Å². The molecule has 6 nitrogen and oxygen atoms in total. The van der Waals surface area contributed by atoms with Crippen molar-refractivity contribution in [2.24, 2.45) is 11.3 Å². The second kappa shape index (κ2) is 9.68. The Bertz CT molecular complexity index is 729. The monoisotopic (exact) mass is 430 g/mol. The molecule has 0 aromatic heterocycles. The van der Waals surface area contributed by atoms with Gasteiger partial charge in [0.15, 0.2) is 0 Å². The standard InChI is InChI=1S/C21H29F3N2O4/c1-20(2,3)19(29)26-10-4-5-14(12-26)18(28)25-11-16(27)13-30-17-8-6-15(7-9-17)21(22,23)24/h6-9,14,16,27H,4-5,10-13H2,1-3H3,(H,25,28). The summed E-state index contributed by atoms with van der Waals surface area (Å²) in [5.74, 6) is -0.384. The molecule has 1 aliphatic rings. The molecule has 1 heterocycles. The van der Waals surface area contributed by atoms with Crippen molar-refractivity contribution in [1.29, 1.82) is 0 Å². The maximum atomic E-state index is 12.5. The van der Waals surface area contributed by atoms with Crippen LogP contribution in [0.1, 0.15) is 39.2 Å². The molecule has 0 saturated carbocycles. The summed E-state index contributed by atoms with van der Waals surface area (Å²) in [6, 6.07) is 4.16. The summed E-state index contributed by atoms with van der Waals surface area (Å²) in [6.07, 6.45) is -4.04. The first-order valence-electron chi connectivity index (χ1n) is 9.93. The second-order valence-electron chi connectivity index (χ2n) is 8.57. The van der Waals surface area contributed by atoms with Crippen molar-refractivity contribution >= 4 is 11.8 Å². The minimum atomic E-state index is -4.42. The lowest BCUT2D eigenvalue weighted by Gasteiger charge is -2.36. The van der Waals surface area contributed by atoms with Crippen molar-refractivity contribution in [2.45, 2.75) is 45.9 Å². The van der Waals surface area contributed by atoms with Crippen LogP contribution in [0.5, 0.6) is 5.75 Å². The van der Waals surface area contributed by atoms with Gasteiger partial charge in [0.05, 0.1) is 11.5 Å². The van der Waals surface area contributed by atoms with Crippen LogP contribution in [0.15, 0.2) is 24.3 Å². The number of piperidine rings is 1. The zero-order valence-corrected chi connectivity index (χ0v) is 17.5. The maximum absolute atomic E-state index is 12.5. The van der Waals surface area contributed by atoms with Crippen LogP contribution in [0.2, 0.25) is 0 Å². The van der Waals surface area contributed by atoms with Gasteiger partial charge in [-0.1, -0.05) is 20.8 Å². The van der Waals surface area contributed by atoms with Crippen LogP contribution in [0, 0.1) is 11.3 Å². The van der Waals surface area contributed by atoms with Crippen LogP contribution in [-0.4, -0.2) is 54.2 Å².